The number of carbonyl (C=O) groups excluding carboxylic acids is 10. The Hall–Kier alpha value is -6.80. The number of aliphatic hydroxyl groups excluding tert-OH is 5. The van der Waals surface area contributed by atoms with Crippen LogP contribution >= 0.6 is 0 Å². The van der Waals surface area contributed by atoms with E-state index in [2.05, 4.69) is 47.3 Å². The molecule has 4 unspecified atom stereocenters. The Labute approximate surface area is 378 Å². The van der Waals surface area contributed by atoms with Crippen LogP contribution in [0.25, 0.3) is 6.08 Å². The summed E-state index contributed by atoms with van der Waals surface area (Å²) in [5, 5.41) is 73.1. The molecule has 2 rings (SSSR count). The molecular formula is C41H59N9O16. The van der Waals surface area contributed by atoms with E-state index >= 15 is 0 Å². The number of β-amino-alcohol motifs (C(OH)–C–C–N with tert-alkyl or cyclic N) is 1. The van der Waals surface area contributed by atoms with Crippen molar-refractivity contribution in [3.63, 3.8) is 0 Å². The van der Waals surface area contributed by atoms with E-state index in [-0.39, 0.29) is 5.57 Å². The molecular weight excluding hydrogens is 874 g/mol. The molecule has 25 nitrogen and oxygen atoms in total. The van der Waals surface area contributed by atoms with Gasteiger partial charge in [0.1, 0.15) is 42.4 Å². The molecule has 9 amide bonds. The molecule has 1 saturated heterocycles. The third kappa shape index (κ3) is 17.0. The van der Waals surface area contributed by atoms with E-state index in [4.69, 9.17) is 0 Å². The normalized spacial score (nSPS) is 24.9. The molecule has 364 valence electrons. The van der Waals surface area contributed by atoms with Crippen LogP contribution in [0, 0.1) is 5.92 Å². The predicted molar refractivity (Wildman–Crippen MR) is 229 cm³/mol. The molecule has 0 saturated carbocycles. The Morgan fingerprint density at radius 2 is 1.33 bits per heavy atom. The maximum Gasteiger partial charge on any atom is 0.338 e. The van der Waals surface area contributed by atoms with E-state index in [0.29, 0.717) is 5.56 Å². The Kier molecular flexibility index (Phi) is 22.5. The van der Waals surface area contributed by atoms with Gasteiger partial charge in [0, 0.05) is 24.7 Å². The number of nitrogens with one attached hydrogen (secondary N) is 9. The van der Waals surface area contributed by atoms with Gasteiger partial charge in [0.25, 0.3) is 11.8 Å². The zero-order chi connectivity index (χ0) is 49.8. The van der Waals surface area contributed by atoms with Crippen molar-refractivity contribution in [1.82, 2.24) is 47.9 Å². The molecule has 1 fully saturated rings. The minimum Gasteiger partial charge on any atom is -0.467 e. The largest absolute Gasteiger partial charge is 0.467 e. The molecule has 0 aromatic heterocycles. The van der Waals surface area contributed by atoms with E-state index in [1.54, 1.807) is 30.3 Å². The highest BCUT2D eigenvalue weighted by atomic mass is 16.5. The van der Waals surface area contributed by atoms with Gasteiger partial charge in [0.2, 0.25) is 47.4 Å². The number of carbonyl (C=O) groups is 10. The molecule has 14 N–H and O–H groups in total. The Morgan fingerprint density at radius 1 is 0.758 bits per heavy atom. The van der Waals surface area contributed by atoms with Crippen LogP contribution < -0.4 is 47.9 Å². The van der Waals surface area contributed by atoms with Crippen LogP contribution in [0.4, 0.5) is 0 Å². The molecule has 0 aliphatic carbocycles. The summed E-state index contributed by atoms with van der Waals surface area (Å²) in [5.41, 5.74) is 0.827. The van der Waals surface area contributed by atoms with Crippen LogP contribution in [0.2, 0.25) is 0 Å². The SMILES string of the molecule is C/C=C(/C)C(=O)NC[C@@H]1NC(=O)C(C(=O)OC)NC(=O)[C@@H](O)CNC(=O)[C@H]([C@@H](C)O)NC(=O)C(C(O)C(O)CNC(=O)/C=C/c2ccccc2)NC(=O)[C@H](C(C)C)NC(=O)[C@H](CO)NC1=O. The molecule has 0 spiro atoms. The number of amides is 9. The maximum absolute atomic E-state index is 13.9. The average molecular weight is 934 g/mol. The molecule has 66 heavy (non-hydrogen) atoms. The summed E-state index contributed by atoms with van der Waals surface area (Å²) < 4.78 is 4.59. The van der Waals surface area contributed by atoms with Crippen LogP contribution in [0.3, 0.4) is 0 Å². The van der Waals surface area contributed by atoms with Gasteiger partial charge in [-0.3, -0.25) is 43.2 Å². The van der Waals surface area contributed by atoms with Gasteiger partial charge in [-0.15, -0.1) is 0 Å². The lowest BCUT2D eigenvalue weighted by atomic mass is 9.99. The van der Waals surface area contributed by atoms with Crippen molar-refractivity contribution >= 4 is 65.2 Å². The maximum atomic E-state index is 13.9. The fraction of sp³-hybridized carbons (Fsp3) is 0.512. The fourth-order valence-electron chi connectivity index (χ4n) is 5.71. The summed E-state index contributed by atoms with van der Waals surface area (Å²) in [6.45, 7) is 3.30. The molecule has 1 aromatic carbocycles. The first-order valence-corrected chi connectivity index (χ1v) is 20.5. The third-order valence-corrected chi connectivity index (χ3v) is 9.80. The van der Waals surface area contributed by atoms with Crippen LogP contribution in [-0.4, -0.2) is 179 Å². The number of hydrogen-bond acceptors (Lipinski definition) is 16. The number of methoxy groups -OCH3 is 1. The third-order valence-electron chi connectivity index (χ3n) is 9.80. The lowest BCUT2D eigenvalue weighted by Gasteiger charge is -2.32. The molecule has 25 heteroatoms. The van der Waals surface area contributed by atoms with Crippen molar-refractivity contribution in [2.24, 2.45) is 5.92 Å². The monoisotopic (exact) mass is 933 g/mol. The zero-order valence-corrected chi connectivity index (χ0v) is 37.0. The van der Waals surface area contributed by atoms with E-state index in [1.165, 1.54) is 39.8 Å². The van der Waals surface area contributed by atoms with Crippen molar-refractivity contribution in [1.29, 1.82) is 0 Å². The van der Waals surface area contributed by atoms with Crippen LogP contribution in [0.15, 0.2) is 48.1 Å². The number of esters is 1. The predicted octanol–water partition coefficient (Wildman–Crippen LogP) is -6.78. The lowest BCUT2D eigenvalue weighted by Crippen LogP contribution is -2.65. The molecule has 1 aliphatic rings. The number of benzene rings is 1. The van der Waals surface area contributed by atoms with E-state index < -0.39 is 152 Å². The van der Waals surface area contributed by atoms with Crippen molar-refractivity contribution < 1.29 is 78.2 Å². The minimum absolute atomic E-state index is 0.173. The number of rotatable bonds is 13. The summed E-state index contributed by atoms with van der Waals surface area (Å²) in [6, 6.07) is -3.28. The summed E-state index contributed by atoms with van der Waals surface area (Å²) in [4.78, 5) is 133. The Balaban J connectivity index is 2.62. The van der Waals surface area contributed by atoms with Gasteiger partial charge in [-0.1, -0.05) is 50.3 Å². The van der Waals surface area contributed by atoms with Crippen molar-refractivity contribution in [2.45, 2.75) is 95.3 Å². The van der Waals surface area contributed by atoms with E-state index in [1.807, 2.05) is 5.32 Å². The lowest BCUT2D eigenvalue weighted by molar-refractivity contribution is -0.151. The standard InChI is InChI=1S/C41H59N9O16/c1-7-20(4)33(57)43-15-23-34(58)46-24(18-51)35(59)47-28(19(2)3)38(62)49-30(32(56)25(53)16-42-27(55)14-13-22-11-9-8-10-12-22)39(63)48-29(21(5)52)37(61)44-17-26(54)36(60)50-31(40(64)45-23)41(65)66-6/h7-14,19,21,23-26,28-32,51-54,56H,15-18H2,1-6H3,(H,42,55)(H,43,57)(H,44,61)(H,45,64)(H,46,58)(H,47,59)(H,48,63)(H,49,62)(H,50,60)/b14-13+,20-7-/t21-,23+,24+,25?,26+,28+,29+,30?,31?,32?/m1/s1. The van der Waals surface area contributed by atoms with E-state index in [9.17, 15) is 73.5 Å². The number of aliphatic hydroxyl groups is 5. The van der Waals surface area contributed by atoms with Crippen LogP contribution in [-0.2, 0) is 52.7 Å². The van der Waals surface area contributed by atoms with Gasteiger partial charge in [-0.05, 0) is 38.3 Å². The Bertz CT molecular complexity index is 1980. The van der Waals surface area contributed by atoms with Crippen LogP contribution in [0.5, 0.6) is 0 Å². The van der Waals surface area contributed by atoms with Crippen molar-refractivity contribution in [3.05, 3.63) is 53.6 Å². The van der Waals surface area contributed by atoms with Crippen molar-refractivity contribution in [3.8, 4) is 0 Å². The highest BCUT2D eigenvalue weighted by molar-refractivity contribution is 6.07. The second kappa shape index (κ2) is 26.9. The number of allylic oxidation sites excluding steroid dienone is 1. The first-order chi connectivity index (χ1) is 31.1. The molecule has 1 aromatic rings. The first-order valence-electron chi connectivity index (χ1n) is 20.5. The van der Waals surface area contributed by atoms with Crippen molar-refractivity contribution in [2.75, 3.05) is 33.4 Å². The average Bonchev–Trinajstić information content (AvgIpc) is 3.29. The van der Waals surface area contributed by atoms with E-state index in [0.717, 1.165) is 20.1 Å². The topological polar surface area (TPSA) is 389 Å². The molecule has 0 bridgehead atoms. The smallest absolute Gasteiger partial charge is 0.338 e. The molecule has 1 aliphatic heterocycles. The highest BCUT2D eigenvalue weighted by Gasteiger charge is 2.40. The highest BCUT2D eigenvalue weighted by Crippen LogP contribution is 2.09. The van der Waals surface area contributed by atoms with Gasteiger partial charge in [0.15, 0.2) is 0 Å². The Morgan fingerprint density at radius 3 is 1.91 bits per heavy atom. The molecule has 10 atom stereocenters. The fourth-order valence-corrected chi connectivity index (χ4v) is 5.71. The van der Waals surface area contributed by atoms with Gasteiger partial charge in [0.05, 0.1) is 32.5 Å². The van der Waals surface area contributed by atoms with Gasteiger partial charge in [-0.2, -0.15) is 0 Å². The number of hydrogen-bond donors (Lipinski definition) is 14. The minimum atomic E-state index is -2.29. The van der Waals surface area contributed by atoms with Gasteiger partial charge >= 0.3 is 5.97 Å². The second-order valence-corrected chi connectivity index (χ2v) is 15.2. The van der Waals surface area contributed by atoms with Gasteiger partial charge in [-0.25, -0.2) is 4.79 Å². The quantitative estimate of drug-likeness (QED) is 0.0497. The molecule has 0 radical (unpaired) electrons. The summed E-state index contributed by atoms with van der Waals surface area (Å²) in [6.07, 6.45) is -4.33. The second-order valence-electron chi connectivity index (χ2n) is 15.2. The number of ether oxygens (including phenoxy) is 1. The zero-order valence-electron chi connectivity index (χ0n) is 37.0. The molecule has 1 heterocycles. The summed E-state index contributed by atoms with van der Waals surface area (Å²) in [5.74, 6) is -13.0. The first kappa shape index (κ1) is 55.3. The van der Waals surface area contributed by atoms with Gasteiger partial charge < -0.3 is 78.1 Å². The van der Waals surface area contributed by atoms with Crippen LogP contribution in [0.1, 0.15) is 40.2 Å². The summed E-state index contributed by atoms with van der Waals surface area (Å²) >= 11 is 0. The summed E-state index contributed by atoms with van der Waals surface area (Å²) in [7, 11) is 0.831.